The van der Waals surface area contributed by atoms with E-state index in [1.807, 2.05) is 0 Å². The van der Waals surface area contributed by atoms with Gasteiger partial charge in [0.15, 0.2) is 5.69 Å². The SMILES string of the molecule is O=CCC#Cc1nc(Br)ccc1O. The minimum absolute atomic E-state index is 0.0154. The Kier molecular flexibility index (Phi) is 3.47. The molecule has 0 saturated carbocycles. The average Bonchev–Trinajstić information content (AvgIpc) is 2.11. The smallest absolute Gasteiger partial charge is 0.156 e. The van der Waals surface area contributed by atoms with Crippen LogP contribution in [0.25, 0.3) is 0 Å². The van der Waals surface area contributed by atoms with Gasteiger partial charge < -0.3 is 9.90 Å². The molecule has 1 heterocycles. The highest BCUT2D eigenvalue weighted by atomic mass is 79.9. The molecule has 1 aromatic rings. The Morgan fingerprint density at radius 1 is 1.62 bits per heavy atom. The van der Waals surface area contributed by atoms with E-state index in [9.17, 15) is 9.90 Å². The summed E-state index contributed by atoms with van der Waals surface area (Å²) < 4.78 is 0.598. The van der Waals surface area contributed by atoms with Crippen LogP contribution in [0.5, 0.6) is 5.75 Å². The number of hydrogen-bond acceptors (Lipinski definition) is 3. The van der Waals surface area contributed by atoms with E-state index in [4.69, 9.17) is 0 Å². The van der Waals surface area contributed by atoms with Crippen molar-refractivity contribution in [1.29, 1.82) is 0 Å². The molecule has 0 bridgehead atoms. The molecule has 0 amide bonds. The molecule has 0 saturated heterocycles. The first-order valence-electron chi connectivity index (χ1n) is 3.52. The van der Waals surface area contributed by atoms with Crippen LogP contribution in [-0.2, 0) is 4.79 Å². The topological polar surface area (TPSA) is 50.2 Å². The zero-order chi connectivity index (χ0) is 9.68. The van der Waals surface area contributed by atoms with Crippen molar-refractivity contribution in [3.63, 3.8) is 0 Å². The number of aromatic nitrogens is 1. The van der Waals surface area contributed by atoms with Gasteiger partial charge in [-0.05, 0) is 34.0 Å². The van der Waals surface area contributed by atoms with Crippen molar-refractivity contribution in [3.8, 4) is 17.6 Å². The third-order valence-electron chi connectivity index (χ3n) is 1.23. The fourth-order valence-electron chi connectivity index (χ4n) is 0.696. The standard InChI is InChI=1S/C9H6BrNO2/c10-9-5-4-8(13)7(11-9)3-1-2-6-12/h4-6,13H,2H2. The van der Waals surface area contributed by atoms with Crippen molar-refractivity contribution in [3.05, 3.63) is 22.4 Å². The number of aromatic hydroxyl groups is 1. The van der Waals surface area contributed by atoms with Crippen LogP contribution in [0, 0.1) is 11.8 Å². The lowest BCUT2D eigenvalue weighted by Gasteiger charge is -1.95. The Morgan fingerprint density at radius 3 is 3.08 bits per heavy atom. The van der Waals surface area contributed by atoms with Crippen LogP contribution in [0.4, 0.5) is 0 Å². The summed E-state index contributed by atoms with van der Waals surface area (Å²) in [4.78, 5) is 13.9. The highest BCUT2D eigenvalue weighted by Gasteiger charge is 1.98. The third-order valence-corrected chi connectivity index (χ3v) is 1.67. The molecule has 1 rings (SSSR count). The van der Waals surface area contributed by atoms with Gasteiger partial charge in [-0.25, -0.2) is 4.98 Å². The maximum absolute atomic E-state index is 9.95. The summed E-state index contributed by atoms with van der Waals surface area (Å²) in [5, 5.41) is 9.26. The molecule has 13 heavy (non-hydrogen) atoms. The molecule has 0 radical (unpaired) electrons. The van der Waals surface area contributed by atoms with Gasteiger partial charge in [0.05, 0.1) is 6.42 Å². The largest absolute Gasteiger partial charge is 0.505 e. The van der Waals surface area contributed by atoms with Gasteiger partial charge in [0.25, 0.3) is 0 Å². The number of pyridine rings is 1. The molecule has 0 fully saturated rings. The Hall–Kier alpha value is -1.34. The lowest BCUT2D eigenvalue weighted by molar-refractivity contribution is -0.107. The quantitative estimate of drug-likeness (QED) is 0.459. The minimum Gasteiger partial charge on any atom is -0.505 e. The second-order valence-corrected chi connectivity index (χ2v) is 2.99. The predicted octanol–water partition coefficient (Wildman–Crippen LogP) is 1.49. The van der Waals surface area contributed by atoms with Crippen LogP contribution in [0.3, 0.4) is 0 Å². The molecular weight excluding hydrogens is 234 g/mol. The first-order chi connectivity index (χ1) is 6.24. The van der Waals surface area contributed by atoms with Crippen molar-refractivity contribution in [1.82, 2.24) is 4.98 Å². The Bertz CT molecular complexity index is 379. The number of halogens is 1. The van der Waals surface area contributed by atoms with Crippen LogP contribution in [0.2, 0.25) is 0 Å². The second-order valence-electron chi connectivity index (χ2n) is 2.17. The molecule has 0 aliphatic heterocycles. The molecule has 4 heteroatoms. The molecule has 0 aromatic carbocycles. The first-order valence-corrected chi connectivity index (χ1v) is 4.31. The summed E-state index contributed by atoms with van der Waals surface area (Å²) in [6.07, 6.45) is 0.843. The first kappa shape index (κ1) is 9.75. The van der Waals surface area contributed by atoms with Crippen LogP contribution in [-0.4, -0.2) is 16.4 Å². The summed E-state index contributed by atoms with van der Waals surface area (Å²) in [7, 11) is 0. The molecule has 0 atom stereocenters. The monoisotopic (exact) mass is 239 g/mol. The van der Waals surface area contributed by atoms with Gasteiger partial charge in [0.1, 0.15) is 16.6 Å². The van der Waals surface area contributed by atoms with Crippen LogP contribution < -0.4 is 0 Å². The average molecular weight is 240 g/mol. The number of hydrogen-bond donors (Lipinski definition) is 1. The van der Waals surface area contributed by atoms with Crippen molar-refractivity contribution >= 4 is 22.2 Å². The maximum Gasteiger partial charge on any atom is 0.156 e. The van der Waals surface area contributed by atoms with Crippen molar-refractivity contribution < 1.29 is 9.90 Å². The molecule has 0 unspecified atom stereocenters. The van der Waals surface area contributed by atoms with E-state index >= 15 is 0 Å². The lowest BCUT2D eigenvalue weighted by Crippen LogP contribution is -1.84. The fraction of sp³-hybridized carbons (Fsp3) is 0.111. The van der Waals surface area contributed by atoms with E-state index < -0.39 is 0 Å². The zero-order valence-electron chi connectivity index (χ0n) is 6.62. The van der Waals surface area contributed by atoms with Crippen LogP contribution in [0.1, 0.15) is 12.1 Å². The normalized spacial score (nSPS) is 8.69. The number of nitrogens with zero attached hydrogens (tertiary/aromatic N) is 1. The number of aldehydes is 1. The molecule has 0 spiro atoms. The predicted molar refractivity (Wildman–Crippen MR) is 51.2 cm³/mol. The minimum atomic E-state index is 0.0154. The molecule has 0 aliphatic carbocycles. The number of rotatable bonds is 1. The summed E-state index contributed by atoms with van der Waals surface area (Å²) in [5.41, 5.74) is 0.274. The number of carbonyl (C=O) groups excluding carboxylic acids is 1. The van der Waals surface area contributed by atoms with Gasteiger partial charge in [-0.1, -0.05) is 5.92 Å². The van der Waals surface area contributed by atoms with E-state index in [0.717, 1.165) is 0 Å². The summed E-state index contributed by atoms with van der Waals surface area (Å²) in [5.74, 6) is 5.16. The van der Waals surface area contributed by atoms with Crippen molar-refractivity contribution in [2.45, 2.75) is 6.42 Å². The third kappa shape index (κ3) is 2.88. The Balaban J connectivity index is 2.95. The van der Waals surface area contributed by atoms with E-state index in [0.29, 0.717) is 10.9 Å². The molecule has 3 nitrogen and oxygen atoms in total. The van der Waals surface area contributed by atoms with Gasteiger partial charge in [-0.3, -0.25) is 0 Å². The Morgan fingerprint density at radius 2 is 2.38 bits per heavy atom. The summed E-state index contributed by atoms with van der Waals surface area (Å²) >= 11 is 3.15. The molecular formula is C9H6BrNO2. The molecule has 1 N–H and O–H groups in total. The number of carbonyl (C=O) groups is 1. The zero-order valence-corrected chi connectivity index (χ0v) is 8.21. The van der Waals surface area contributed by atoms with Crippen LogP contribution in [0.15, 0.2) is 16.7 Å². The maximum atomic E-state index is 9.95. The molecule has 0 aliphatic rings. The van der Waals surface area contributed by atoms with E-state index in [1.165, 1.54) is 6.07 Å². The Labute approximate surface area is 83.9 Å². The highest BCUT2D eigenvalue weighted by molar-refractivity contribution is 9.10. The van der Waals surface area contributed by atoms with Gasteiger partial charge >= 0.3 is 0 Å². The van der Waals surface area contributed by atoms with Gasteiger partial charge in [0, 0.05) is 0 Å². The van der Waals surface area contributed by atoms with Gasteiger partial charge in [0.2, 0.25) is 0 Å². The lowest BCUT2D eigenvalue weighted by atomic mass is 10.3. The van der Waals surface area contributed by atoms with Gasteiger partial charge in [-0.15, -0.1) is 0 Å². The summed E-state index contributed by atoms with van der Waals surface area (Å²) in [6.45, 7) is 0. The summed E-state index contributed by atoms with van der Waals surface area (Å²) in [6, 6.07) is 3.10. The van der Waals surface area contributed by atoms with Gasteiger partial charge in [-0.2, -0.15) is 0 Å². The molecule has 66 valence electrons. The molecule has 1 aromatic heterocycles. The highest BCUT2D eigenvalue weighted by Crippen LogP contribution is 2.16. The van der Waals surface area contributed by atoms with Crippen molar-refractivity contribution in [2.24, 2.45) is 0 Å². The van der Waals surface area contributed by atoms with Crippen molar-refractivity contribution in [2.75, 3.05) is 0 Å². The van der Waals surface area contributed by atoms with E-state index in [-0.39, 0.29) is 17.9 Å². The van der Waals surface area contributed by atoms with E-state index in [1.54, 1.807) is 6.07 Å². The van der Waals surface area contributed by atoms with Crippen LogP contribution >= 0.6 is 15.9 Å². The fourth-order valence-corrected chi connectivity index (χ4v) is 1.01. The van der Waals surface area contributed by atoms with E-state index in [2.05, 4.69) is 32.8 Å². The second kappa shape index (κ2) is 4.63.